The fraction of sp³-hybridized carbons (Fsp3) is 0.471. The number of halogens is 1. The summed E-state index contributed by atoms with van der Waals surface area (Å²) >= 11 is 5.77. The highest BCUT2D eigenvalue weighted by Gasteiger charge is 2.26. The van der Waals surface area contributed by atoms with Gasteiger partial charge < -0.3 is 15.3 Å². The van der Waals surface area contributed by atoms with E-state index in [1.54, 1.807) is 29.2 Å². The molecule has 2 rings (SSSR count). The third-order valence-electron chi connectivity index (χ3n) is 4.16. The van der Waals surface area contributed by atoms with Crippen molar-refractivity contribution < 1.29 is 19.5 Å². The summed E-state index contributed by atoms with van der Waals surface area (Å²) in [4.78, 5) is 36.6. The summed E-state index contributed by atoms with van der Waals surface area (Å²) < 4.78 is 0. The molecule has 0 aliphatic carbocycles. The number of benzene rings is 1. The lowest BCUT2D eigenvalue weighted by Crippen LogP contribution is -2.40. The van der Waals surface area contributed by atoms with Crippen molar-refractivity contribution in [1.82, 2.24) is 10.2 Å². The Morgan fingerprint density at radius 3 is 2.38 bits per heavy atom. The second-order valence-corrected chi connectivity index (χ2v) is 6.30. The van der Waals surface area contributed by atoms with E-state index in [4.69, 9.17) is 16.7 Å². The normalized spacial score (nSPS) is 15.1. The number of hydrogen-bond donors (Lipinski definition) is 2. The summed E-state index contributed by atoms with van der Waals surface area (Å²) in [5.41, 5.74) is 0.529. The summed E-state index contributed by atoms with van der Waals surface area (Å²) in [6.07, 6.45) is 1.92. The van der Waals surface area contributed by atoms with Gasteiger partial charge in [-0.15, -0.1) is 0 Å². The molecule has 7 heteroatoms. The van der Waals surface area contributed by atoms with E-state index in [0.717, 1.165) is 0 Å². The van der Waals surface area contributed by atoms with Gasteiger partial charge in [0, 0.05) is 36.6 Å². The second-order valence-electron chi connectivity index (χ2n) is 5.86. The third-order valence-corrected chi connectivity index (χ3v) is 4.41. The fourth-order valence-electron chi connectivity index (χ4n) is 2.68. The summed E-state index contributed by atoms with van der Waals surface area (Å²) in [5, 5.41) is 12.3. The first kappa shape index (κ1) is 18.3. The van der Waals surface area contributed by atoms with Crippen LogP contribution in [0.4, 0.5) is 0 Å². The minimum atomic E-state index is -0.785. The molecule has 1 fully saturated rings. The number of carboxylic acid groups (broad SMARTS) is 1. The smallest absolute Gasteiger partial charge is 0.306 e. The van der Waals surface area contributed by atoms with Gasteiger partial charge in [0.1, 0.15) is 0 Å². The maximum atomic E-state index is 12.1. The van der Waals surface area contributed by atoms with E-state index in [0.29, 0.717) is 55.9 Å². The van der Waals surface area contributed by atoms with Crippen molar-refractivity contribution >= 4 is 29.4 Å². The summed E-state index contributed by atoms with van der Waals surface area (Å²) in [6, 6.07) is 6.60. The van der Waals surface area contributed by atoms with Gasteiger partial charge >= 0.3 is 5.97 Å². The van der Waals surface area contributed by atoms with Gasteiger partial charge in [-0.25, -0.2) is 0 Å². The number of carbonyl (C=O) groups is 3. The predicted octanol–water partition coefficient (Wildman–Crippen LogP) is 2.17. The number of aliphatic carboxylic acids is 1. The van der Waals surface area contributed by atoms with Crippen molar-refractivity contribution in [2.24, 2.45) is 5.92 Å². The minimum absolute atomic E-state index is 0.0135. The molecule has 1 aromatic rings. The lowest BCUT2D eigenvalue weighted by molar-refractivity contribution is -0.145. The molecule has 1 aromatic carbocycles. The first-order valence-electron chi connectivity index (χ1n) is 8.01. The zero-order chi connectivity index (χ0) is 17.5. The molecule has 0 aromatic heterocycles. The predicted molar refractivity (Wildman–Crippen MR) is 90.0 cm³/mol. The van der Waals surface area contributed by atoms with Crippen molar-refractivity contribution in [3.8, 4) is 0 Å². The molecule has 6 nitrogen and oxygen atoms in total. The molecular weight excluding hydrogens is 332 g/mol. The number of amides is 2. The topological polar surface area (TPSA) is 86.7 Å². The Hall–Kier alpha value is -2.08. The van der Waals surface area contributed by atoms with Crippen LogP contribution >= 0.6 is 11.6 Å². The van der Waals surface area contributed by atoms with Gasteiger partial charge in [0.15, 0.2) is 0 Å². The van der Waals surface area contributed by atoms with Gasteiger partial charge in [-0.1, -0.05) is 11.6 Å². The maximum absolute atomic E-state index is 12.1. The van der Waals surface area contributed by atoms with Crippen LogP contribution in [0.15, 0.2) is 24.3 Å². The number of piperidine rings is 1. The van der Waals surface area contributed by atoms with Crippen LogP contribution in [-0.4, -0.2) is 47.4 Å². The Morgan fingerprint density at radius 2 is 1.79 bits per heavy atom. The molecule has 1 aliphatic heterocycles. The van der Waals surface area contributed by atoms with Crippen LogP contribution in [-0.2, 0) is 9.59 Å². The highest BCUT2D eigenvalue weighted by molar-refractivity contribution is 6.30. The van der Waals surface area contributed by atoms with Gasteiger partial charge in [-0.2, -0.15) is 0 Å². The largest absolute Gasteiger partial charge is 0.481 e. The van der Waals surface area contributed by atoms with E-state index in [1.165, 1.54) is 0 Å². The van der Waals surface area contributed by atoms with E-state index in [-0.39, 0.29) is 17.7 Å². The SMILES string of the molecule is O=C(NCCCC(=O)N1CCC(C(=O)O)CC1)c1ccc(Cl)cc1. The monoisotopic (exact) mass is 352 g/mol. The van der Waals surface area contributed by atoms with Crippen molar-refractivity contribution in [3.05, 3.63) is 34.9 Å². The summed E-state index contributed by atoms with van der Waals surface area (Å²) in [6.45, 7) is 1.40. The van der Waals surface area contributed by atoms with Crippen molar-refractivity contribution in [1.29, 1.82) is 0 Å². The molecular formula is C17H21ClN2O4. The van der Waals surface area contributed by atoms with Crippen LogP contribution < -0.4 is 5.32 Å². The first-order valence-corrected chi connectivity index (χ1v) is 8.39. The van der Waals surface area contributed by atoms with Gasteiger partial charge in [0.25, 0.3) is 5.91 Å². The molecule has 130 valence electrons. The lowest BCUT2D eigenvalue weighted by Gasteiger charge is -2.30. The molecule has 24 heavy (non-hydrogen) atoms. The third kappa shape index (κ3) is 5.23. The maximum Gasteiger partial charge on any atom is 0.306 e. The molecule has 2 N–H and O–H groups in total. The number of hydrogen-bond acceptors (Lipinski definition) is 3. The Kier molecular flexibility index (Phi) is 6.61. The molecule has 1 heterocycles. The zero-order valence-corrected chi connectivity index (χ0v) is 14.1. The molecule has 0 unspecified atom stereocenters. The van der Waals surface area contributed by atoms with E-state index in [2.05, 4.69) is 5.32 Å². The highest BCUT2D eigenvalue weighted by atomic mass is 35.5. The van der Waals surface area contributed by atoms with E-state index in [1.807, 2.05) is 0 Å². The van der Waals surface area contributed by atoms with E-state index < -0.39 is 5.97 Å². The van der Waals surface area contributed by atoms with E-state index in [9.17, 15) is 14.4 Å². The minimum Gasteiger partial charge on any atom is -0.481 e. The molecule has 0 saturated carbocycles. The summed E-state index contributed by atoms with van der Waals surface area (Å²) in [5.74, 6) is -1.30. The fourth-order valence-corrected chi connectivity index (χ4v) is 2.80. The number of nitrogens with one attached hydrogen (secondary N) is 1. The van der Waals surface area contributed by atoms with Crippen LogP contribution in [0.1, 0.15) is 36.0 Å². The lowest BCUT2D eigenvalue weighted by atomic mass is 9.97. The van der Waals surface area contributed by atoms with Gasteiger partial charge in [0.2, 0.25) is 5.91 Å². The molecule has 0 bridgehead atoms. The number of nitrogens with zero attached hydrogens (tertiary/aromatic N) is 1. The van der Waals surface area contributed by atoms with E-state index >= 15 is 0 Å². The van der Waals surface area contributed by atoms with Gasteiger partial charge in [-0.05, 0) is 43.5 Å². The van der Waals surface area contributed by atoms with Crippen LogP contribution in [0.5, 0.6) is 0 Å². The van der Waals surface area contributed by atoms with Crippen LogP contribution in [0.25, 0.3) is 0 Å². The highest BCUT2D eigenvalue weighted by Crippen LogP contribution is 2.18. The Bertz CT molecular complexity index is 595. The summed E-state index contributed by atoms with van der Waals surface area (Å²) in [7, 11) is 0. The van der Waals surface area contributed by atoms with Crippen molar-refractivity contribution in [2.45, 2.75) is 25.7 Å². The number of carboxylic acids is 1. The average molecular weight is 353 g/mol. The Labute approximate surface area is 145 Å². The zero-order valence-electron chi connectivity index (χ0n) is 13.3. The molecule has 0 atom stereocenters. The van der Waals surface area contributed by atoms with Crippen LogP contribution in [0.2, 0.25) is 5.02 Å². The molecule has 0 radical (unpaired) electrons. The standard InChI is InChI=1S/C17H21ClN2O4/c18-14-5-3-12(4-6-14)16(22)19-9-1-2-15(21)20-10-7-13(8-11-20)17(23)24/h3-6,13H,1-2,7-11H2,(H,19,22)(H,23,24). The van der Waals surface area contributed by atoms with Crippen molar-refractivity contribution in [3.63, 3.8) is 0 Å². The van der Waals surface area contributed by atoms with Crippen LogP contribution in [0.3, 0.4) is 0 Å². The molecule has 1 aliphatic rings. The Morgan fingerprint density at radius 1 is 1.17 bits per heavy atom. The van der Waals surface area contributed by atoms with Gasteiger partial charge in [-0.3, -0.25) is 14.4 Å². The first-order chi connectivity index (χ1) is 11.5. The van der Waals surface area contributed by atoms with Crippen LogP contribution in [0, 0.1) is 5.92 Å². The second kappa shape index (κ2) is 8.68. The molecule has 2 amide bonds. The average Bonchev–Trinajstić information content (AvgIpc) is 2.59. The van der Waals surface area contributed by atoms with Gasteiger partial charge in [0.05, 0.1) is 5.92 Å². The number of rotatable bonds is 6. The quantitative estimate of drug-likeness (QED) is 0.768. The molecule has 0 spiro atoms. The number of carbonyl (C=O) groups excluding carboxylic acids is 2. The Balaban J connectivity index is 1.65. The number of likely N-dealkylation sites (tertiary alicyclic amines) is 1. The molecule has 1 saturated heterocycles. The van der Waals surface area contributed by atoms with Crippen molar-refractivity contribution in [2.75, 3.05) is 19.6 Å².